The van der Waals surface area contributed by atoms with Gasteiger partial charge in [0.1, 0.15) is 11.6 Å². The van der Waals surface area contributed by atoms with E-state index in [0.29, 0.717) is 16.5 Å². The summed E-state index contributed by atoms with van der Waals surface area (Å²) in [4.78, 5) is 13.6. The van der Waals surface area contributed by atoms with Gasteiger partial charge in [0, 0.05) is 11.5 Å². The molecular weight excluding hydrogens is 185 g/mol. The number of pyridine rings is 1. The zero-order chi connectivity index (χ0) is 10.3. The average Bonchev–Trinajstić information content (AvgIpc) is 2.07. The lowest BCUT2D eigenvalue weighted by molar-refractivity contribution is 0.480. The molecule has 0 fully saturated rings. The monoisotopic (exact) mass is 193 g/mol. The van der Waals surface area contributed by atoms with Crippen molar-refractivity contribution < 1.29 is 9.50 Å². The molecule has 0 aliphatic heterocycles. The Labute approximate surface area is 78.8 Å². The van der Waals surface area contributed by atoms with E-state index in [1.165, 1.54) is 12.1 Å². The zero-order valence-corrected chi connectivity index (χ0v) is 7.47. The van der Waals surface area contributed by atoms with E-state index in [4.69, 9.17) is 0 Å². The zero-order valence-electron chi connectivity index (χ0n) is 7.47. The summed E-state index contributed by atoms with van der Waals surface area (Å²) in [6, 6.07) is 3.52. The fourth-order valence-electron chi connectivity index (χ4n) is 1.47. The molecule has 0 unspecified atom stereocenters. The van der Waals surface area contributed by atoms with Crippen LogP contribution < -0.4 is 5.56 Å². The highest BCUT2D eigenvalue weighted by Crippen LogP contribution is 2.24. The molecular formula is C10H8FNO2. The molecule has 1 aromatic heterocycles. The third kappa shape index (κ3) is 1.25. The molecule has 4 heteroatoms. The van der Waals surface area contributed by atoms with Crippen LogP contribution in [-0.4, -0.2) is 10.1 Å². The second kappa shape index (κ2) is 2.83. The topological polar surface area (TPSA) is 53.1 Å². The van der Waals surface area contributed by atoms with Crippen LogP contribution in [-0.2, 0) is 0 Å². The van der Waals surface area contributed by atoms with Crippen LogP contribution in [0.2, 0.25) is 0 Å². The fraction of sp³-hybridized carbons (Fsp3) is 0.100. The van der Waals surface area contributed by atoms with Crippen molar-refractivity contribution in [3.05, 3.63) is 39.9 Å². The Hall–Kier alpha value is -1.84. The fourth-order valence-corrected chi connectivity index (χ4v) is 1.47. The van der Waals surface area contributed by atoms with Crippen molar-refractivity contribution in [2.24, 2.45) is 0 Å². The minimum atomic E-state index is -0.433. The van der Waals surface area contributed by atoms with Crippen molar-refractivity contribution in [1.82, 2.24) is 4.98 Å². The van der Waals surface area contributed by atoms with Gasteiger partial charge in [0.15, 0.2) is 0 Å². The van der Waals surface area contributed by atoms with Gasteiger partial charge in [0.25, 0.3) is 5.56 Å². The lowest BCUT2D eigenvalue weighted by Crippen LogP contribution is -2.04. The first-order chi connectivity index (χ1) is 6.58. The molecule has 0 saturated carbocycles. The van der Waals surface area contributed by atoms with Gasteiger partial charge in [0.2, 0.25) is 0 Å². The molecule has 1 aromatic carbocycles. The van der Waals surface area contributed by atoms with E-state index in [1.54, 1.807) is 6.92 Å². The average molecular weight is 193 g/mol. The highest BCUT2D eigenvalue weighted by molar-refractivity contribution is 5.86. The van der Waals surface area contributed by atoms with E-state index in [1.807, 2.05) is 0 Å². The molecule has 3 nitrogen and oxygen atoms in total. The van der Waals surface area contributed by atoms with E-state index in [-0.39, 0.29) is 5.75 Å². The summed E-state index contributed by atoms with van der Waals surface area (Å²) < 4.78 is 13.0. The summed E-state index contributed by atoms with van der Waals surface area (Å²) in [5, 5.41) is 9.74. The minimum Gasteiger partial charge on any atom is -0.507 e. The molecule has 14 heavy (non-hydrogen) atoms. The van der Waals surface area contributed by atoms with E-state index in [9.17, 15) is 14.3 Å². The van der Waals surface area contributed by atoms with Crippen molar-refractivity contribution >= 4 is 10.9 Å². The van der Waals surface area contributed by atoms with E-state index in [0.717, 1.165) is 6.07 Å². The summed E-state index contributed by atoms with van der Waals surface area (Å²) in [6.07, 6.45) is 0. The standard InChI is InChI=1S/C10H8FNO2/c1-5-2-6(11)3-7-8(13)4-9(14)12-10(5)7/h2-4H,1H3,(H2,12,13,14). The molecule has 0 atom stereocenters. The Balaban J connectivity index is 3.01. The van der Waals surface area contributed by atoms with Crippen molar-refractivity contribution in [3.8, 4) is 5.75 Å². The van der Waals surface area contributed by atoms with Crippen LogP contribution in [0, 0.1) is 12.7 Å². The number of benzene rings is 1. The van der Waals surface area contributed by atoms with Gasteiger partial charge in [-0.2, -0.15) is 0 Å². The molecule has 0 spiro atoms. The van der Waals surface area contributed by atoms with Gasteiger partial charge < -0.3 is 10.1 Å². The maximum absolute atomic E-state index is 13.0. The van der Waals surface area contributed by atoms with Crippen LogP contribution in [0.15, 0.2) is 23.0 Å². The smallest absolute Gasteiger partial charge is 0.252 e. The van der Waals surface area contributed by atoms with Crippen molar-refractivity contribution in [1.29, 1.82) is 0 Å². The van der Waals surface area contributed by atoms with Crippen LogP contribution in [0.1, 0.15) is 5.56 Å². The summed E-state index contributed by atoms with van der Waals surface area (Å²) in [7, 11) is 0. The normalized spacial score (nSPS) is 10.7. The predicted octanol–water partition coefficient (Wildman–Crippen LogP) is 1.68. The molecule has 0 aliphatic carbocycles. The van der Waals surface area contributed by atoms with E-state index < -0.39 is 11.4 Å². The second-order valence-electron chi connectivity index (χ2n) is 3.16. The first-order valence-electron chi connectivity index (χ1n) is 4.10. The van der Waals surface area contributed by atoms with Gasteiger partial charge in [-0.1, -0.05) is 0 Å². The highest BCUT2D eigenvalue weighted by atomic mass is 19.1. The summed E-state index contributed by atoms with van der Waals surface area (Å²) in [5.74, 6) is -0.635. The summed E-state index contributed by atoms with van der Waals surface area (Å²) in [6.45, 7) is 1.67. The quantitative estimate of drug-likeness (QED) is 0.668. The summed E-state index contributed by atoms with van der Waals surface area (Å²) >= 11 is 0. The van der Waals surface area contributed by atoms with Crippen LogP contribution in [0.25, 0.3) is 10.9 Å². The number of hydrogen-bond donors (Lipinski definition) is 2. The number of H-pyrrole nitrogens is 1. The van der Waals surface area contributed by atoms with E-state index >= 15 is 0 Å². The number of hydrogen-bond acceptors (Lipinski definition) is 2. The molecule has 0 aliphatic rings. The maximum Gasteiger partial charge on any atom is 0.252 e. The highest BCUT2D eigenvalue weighted by Gasteiger charge is 2.06. The number of aromatic hydroxyl groups is 1. The number of halogens is 1. The lowest BCUT2D eigenvalue weighted by Gasteiger charge is -2.03. The van der Waals surface area contributed by atoms with Crippen LogP contribution in [0.5, 0.6) is 5.75 Å². The number of aromatic amines is 1. The van der Waals surface area contributed by atoms with Gasteiger partial charge in [-0.25, -0.2) is 4.39 Å². The number of aryl methyl sites for hydroxylation is 1. The van der Waals surface area contributed by atoms with Crippen LogP contribution >= 0.6 is 0 Å². The van der Waals surface area contributed by atoms with Gasteiger partial charge in [0.05, 0.1) is 5.52 Å². The molecule has 2 N–H and O–H groups in total. The van der Waals surface area contributed by atoms with Crippen molar-refractivity contribution in [2.45, 2.75) is 6.92 Å². The van der Waals surface area contributed by atoms with Crippen LogP contribution in [0.3, 0.4) is 0 Å². The van der Waals surface area contributed by atoms with Crippen molar-refractivity contribution in [2.75, 3.05) is 0 Å². The third-order valence-corrected chi connectivity index (χ3v) is 2.09. The molecule has 0 saturated heterocycles. The Morgan fingerprint density at radius 1 is 1.36 bits per heavy atom. The van der Waals surface area contributed by atoms with Gasteiger partial charge >= 0.3 is 0 Å². The second-order valence-corrected chi connectivity index (χ2v) is 3.16. The SMILES string of the molecule is Cc1cc(F)cc2c(O)cc(=O)[nH]c12. The Kier molecular flexibility index (Phi) is 1.77. The molecule has 2 rings (SSSR count). The Morgan fingerprint density at radius 3 is 2.79 bits per heavy atom. The molecule has 0 amide bonds. The molecule has 0 bridgehead atoms. The predicted molar refractivity (Wildman–Crippen MR) is 50.9 cm³/mol. The van der Waals surface area contributed by atoms with Crippen LogP contribution in [0.4, 0.5) is 4.39 Å². The lowest BCUT2D eigenvalue weighted by atomic mass is 10.1. The third-order valence-electron chi connectivity index (χ3n) is 2.09. The van der Waals surface area contributed by atoms with Gasteiger partial charge in [-0.15, -0.1) is 0 Å². The van der Waals surface area contributed by atoms with Gasteiger partial charge in [-0.3, -0.25) is 4.79 Å². The molecule has 1 heterocycles. The molecule has 0 radical (unpaired) electrons. The maximum atomic E-state index is 13.0. The van der Waals surface area contributed by atoms with Crippen molar-refractivity contribution in [3.63, 3.8) is 0 Å². The first kappa shape index (κ1) is 8.74. The summed E-state index contributed by atoms with van der Waals surface area (Å²) in [5.41, 5.74) is 0.661. The Bertz CT molecular complexity index is 560. The molecule has 72 valence electrons. The number of rotatable bonds is 0. The largest absolute Gasteiger partial charge is 0.507 e. The van der Waals surface area contributed by atoms with E-state index in [2.05, 4.69) is 4.98 Å². The molecule has 2 aromatic rings. The first-order valence-corrected chi connectivity index (χ1v) is 4.10. The Morgan fingerprint density at radius 2 is 2.07 bits per heavy atom. The number of aromatic nitrogens is 1. The number of nitrogens with one attached hydrogen (secondary N) is 1. The minimum absolute atomic E-state index is 0.202. The van der Waals surface area contributed by atoms with Gasteiger partial charge in [-0.05, 0) is 24.6 Å². The number of fused-ring (bicyclic) bond motifs is 1.